The summed E-state index contributed by atoms with van der Waals surface area (Å²) in [5.74, 6) is 0.380. The number of rotatable bonds is 7. The van der Waals surface area contributed by atoms with E-state index < -0.39 is 10.0 Å². The Balaban J connectivity index is 1.76. The van der Waals surface area contributed by atoms with Crippen molar-refractivity contribution >= 4 is 15.8 Å². The minimum absolute atomic E-state index is 0.108. The average Bonchev–Trinajstić information content (AvgIpc) is 2.73. The number of hydrogen-bond donors (Lipinski definition) is 0. The van der Waals surface area contributed by atoms with Crippen LogP contribution in [-0.2, 0) is 16.6 Å². The third-order valence-electron chi connectivity index (χ3n) is 4.26. The quantitative estimate of drug-likeness (QED) is 0.572. The van der Waals surface area contributed by atoms with E-state index in [1.54, 1.807) is 54.6 Å². The van der Waals surface area contributed by atoms with E-state index in [1.807, 2.05) is 24.3 Å². The molecule has 0 N–H and O–H groups in total. The van der Waals surface area contributed by atoms with Gasteiger partial charge in [-0.3, -0.25) is 4.79 Å². The Morgan fingerprint density at radius 3 is 2.11 bits per heavy atom. The summed E-state index contributed by atoms with van der Waals surface area (Å²) in [6.07, 6.45) is 0. The molecule has 0 fully saturated rings. The third kappa shape index (κ3) is 4.30. The molecule has 0 saturated carbocycles. The lowest BCUT2D eigenvalue weighted by molar-refractivity contribution is 0.103. The van der Waals surface area contributed by atoms with Gasteiger partial charge in [-0.15, -0.1) is 0 Å². The molecule has 0 aromatic heterocycles. The van der Waals surface area contributed by atoms with Crippen LogP contribution >= 0.6 is 0 Å². The molecule has 0 atom stereocenters. The van der Waals surface area contributed by atoms with Gasteiger partial charge in [-0.1, -0.05) is 54.6 Å². The Bertz CT molecular complexity index is 1060. The maximum absolute atomic E-state index is 12.7. The molecule has 0 spiro atoms. The SMILES string of the molecule is CN(C)S(=O)(=O)c1ccc(COc2ccccc2C(=O)c2ccccc2)cc1. The number of ether oxygens (including phenoxy) is 1. The van der Waals surface area contributed by atoms with Crippen LogP contribution in [0.25, 0.3) is 0 Å². The van der Waals surface area contributed by atoms with Crippen molar-refractivity contribution in [2.45, 2.75) is 11.5 Å². The topological polar surface area (TPSA) is 63.7 Å². The summed E-state index contributed by atoms with van der Waals surface area (Å²) in [5.41, 5.74) is 1.89. The lowest BCUT2D eigenvalue weighted by Gasteiger charge is -2.13. The first-order chi connectivity index (χ1) is 13.4. The Morgan fingerprint density at radius 2 is 1.46 bits per heavy atom. The highest BCUT2D eigenvalue weighted by Gasteiger charge is 2.17. The van der Waals surface area contributed by atoms with Crippen molar-refractivity contribution in [1.82, 2.24) is 4.31 Å². The van der Waals surface area contributed by atoms with Gasteiger partial charge in [-0.05, 0) is 29.8 Å². The van der Waals surface area contributed by atoms with Crippen LogP contribution < -0.4 is 4.74 Å². The van der Waals surface area contributed by atoms with Crippen LogP contribution in [0.2, 0.25) is 0 Å². The summed E-state index contributed by atoms with van der Waals surface area (Å²) in [6, 6.07) is 22.6. The Hall–Kier alpha value is -2.96. The van der Waals surface area contributed by atoms with E-state index in [1.165, 1.54) is 18.4 Å². The predicted octanol–water partition coefficient (Wildman–Crippen LogP) is 3.75. The first kappa shape index (κ1) is 19.8. The molecule has 0 heterocycles. The second-order valence-corrected chi connectivity index (χ2v) is 8.56. The molecule has 144 valence electrons. The van der Waals surface area contributed by atoms with Gasteiger partial charge in [0, 0.05) is 19.7 Å². The normalized spacial score (nSPS) is 11.4. The van der Waals surface area contributed by atoms with Crippen molar-refractivity contribution < 1.29 is 17.9 Å². The number of carbonyl (C=O) groups excluding carboxylic acids is 1. The second-order valence-electron chi connectivity index (χ2n) is 6.41. The zero-order valence-electron chi connectivity index (χ0n) is 15.7. The molecule has 3 aromatic carbocycles. The van der Waals surface area contributed by atoms with Crippen molar-refractivity contribution in [2.75, 3.05) is 14.1 Å². The molecule has 6 heteroatoms. The van der Waals surface area contributed by atoms with Gasteiger partial charge in [0.2, 0.25) is 10.0 Å². The Labute approximate surface area is 165 Å². The average molecular weight is 395 g/mol. The van der Waals surface area contributed by atoms with E-state index in [9.17, 15) is 13.2 Å². The number of sulfonamides is 1. The molecule has 0 bridgehead atoms. The number of carbonyl (C=O) groups is 1. The molecule has 5 nitrogen and oxygen atoms in total. The maximum atomic E-state index is 12.7. The highest BCUT2D eigenvalue weighted by atomic mass is 32.2. The molecule has 0 saturated heterocycles. The number of nitrogens with zero attached hydrogens (tertiary/aromatic N) is 1. The molecule has 28 heavy (non-hydrogen) atoms. The zero-order valence-corrected chi connectivity index (χ0v) is 16.5. The predicted molar refractivity (Wildman–Crippen MR) is 108 cm³/mol. The summed E-state index contributed by atoms with van der Waals surface area (Å²) >= 11 is 0. The number of hydrogen-bond acceptors (Lipinski definition) is 4. The van der Waals surface area contributed by atoms with E-state index in [0.29, 0.717) is 16.9 Å². The van der Waals surface area contributed by atoms with Gasteiger partial charge >= 0.3 is 0 Å². The fraction of sp³-hybridized carbons (Fsp3) is 0.136. The van der Waals surface area contributed by atoms with Crippen molar-refractivity contribution in [2.24, 2.45) is 0 Å². The van der Waals surface area contributed by atoms with Crippen molar-refractivity contribution in [3.63, 3.8) is 0 Å². The Kier molecular flexibility index (Phi) is 5.92. The number of para-hydroxylation sites is 1. The van der Waals surface area contributed by atoms with Crippen molar-refractivity contribution in [3.05, 3.63) is 95.6 Å². The molecule has 3 rings (SSSR count). The molecule has 0 amide bonds. The van der Waals surface area contributed by atoms with Crippen LogP contribution in [0.15, 0.2) is 83.8 Å². The molecular weight excluding hydrogens is 374 g/mol. The lowest BCUT2D eigenvalue weighted by Crippen LogP contribution is -2.22. The molecule has 0 radical (unpaired) electrons. The summed E-state index contributed by atoms with van der Waals surface area (Å²) in [5, 5.41) is 0. The van der Waals surface area contributed by atoms with Gasteiger partial charge in [0.15, 0.2) is 5.78 Å². The molecule has 0 aliphatic carbocycles. The van der Waals surface area contributed by atoms with Crippen molar-refractivity contribution in [3.8, 4) is 5.75 Å². The van der Waals surface area contributed by atoms with E-state index in [0.717, 1.165) is 5.56 Å². The summed E-state index contributed by atoms with van der Waals surface area (Å²) in [7, 11) is -0.475. The van der Waals surface area contributed by atoms with Gasteiger partial charge < -0.3 is 4.74 Å². The number of ketones is 1. The van der Waals surface area contributed by atoms with E-state index in [2.05, 4.69) is 0 Å². The first-order valence-corrected chi connectivity index (χ1v) is 10.2. The standard InChI is InChI=1S/C22H21NO4S/c1-23(2)28(25,26)19-14-12-17(13-15-19)16-27-21-11-7-6-10-20(21)22(24)18-8-4-3-5-9-18/h3-15H,16H2,1-2H3. The van der Waals surface area contributed by atoms with E-state index >= 15 is 0 Å². The lowest BCUT2D eigenvalue weighted by atomic mass is 10.0. The maximum Gasteiger partial charge on any atom is 0.242 e. The first-order valence-electron chi connectivity index (χ1n) is 8.72. The molecule has 0 aliphatic rings. The molecule has 3 aromatic rings. The largest absolute Gasteiger partial charge is 0.488 e. The number of benzene rings is 3. The van der Waals surface area contributed by atoms with E-state index in [4.69, 9.17) is 4.74 Å². The van der Waals surface area contributed by atoms with E-state index in [-0.39, 0.29) is 17.3 Å². The van der Waals surface area contributed by atoms with Crippen LogP contribution in [0, 0.1) is 0 Å². The summed E-state index contributed by atoms with van der Waals surface area (Å²) < 4.78 is 31.3. The van der Waals surface area contributed by atoms with Gasteiger partial charge in [0.1, 0.15) is 12.4 Å². The second kappa shape index (κ2) is 8.37. The van der Waals surface area contributed by atoms with Crippen molar-refractivity contribution in [1.29, 1.82) is 0 Å². The summed E-state index contributed by atoms with van der Waals surface area (Å²) in [4.78, 5) is 13.0. The minimum Gasteiger partial charge on any atom is -0.488 e. The third-order valence-corrected chi connectivity index (χ3v) is 6.09. The molecule has 0 unspecified atom stereocenters. The fourth-order valence-corrected chi connectivity index (χ4v) is 3.56. The van der Waals surface area contributed by atoms with Crippen LogP contribution in [-0.4, -0.2) is 32.6 Å². The Morgan fingerprint density at radius 1 is 0.857 bits per heavy atom. The van der Waals surface area contributed by atoms with Gasteiger partial charge in [0.05, 0.1) is 10.5 Å². The highest BCUT2D eigenvalue weighted by Crippen LogP contribution is 2.23. The van der Waals surface area contributed by atoms with Crippen LogP contribution in [0.1, 0.15) is 21.5 Å². The van der Waals surface area contributed by atoms with Gasteiger partial charge in [-0.2, -0.15) is 0 Å². The highest BCUT2D eigenvalue weighted by molar-refractivity contribution is 7.89. The van der Waals surface area contributed by atoms with Crippen LogP contribution in [0.3, 0.4) is 0 Å². The zero-order chi connectivity index (χ0) is 20.1. The fourth-order valence-electron chi connectivity index (χ4n) is 2.65. The summed E-state index contributed by atoms with van der Waals surface area (Å²) in [6.45, 7) is 0.224. The smallest absolute Gasteiger partial charge is 0.242 e. The van der Waals surface area contributed by atoms with Crippen LogP contribution in [0.5, 0.6) is 5.75 Å². The minimum atomic E-state index is -3.46. The van der Waals surface area contributed by atoms with Gasteiger partial charge in [-0.25, -0.2) is 12.7 Å². The van der Waals surface area contributed by atoms with Crippen LogP contribution in [0.4, 0.5) is 0 Å². The van der Waals surface area contributed by atoms with Gasteiger partial charge in [0.25, 0.3) is 0 Å². The molecular formula is C22H21NO4S. The molecule has 0 aliphatic heterocycles. The monoisotopic (exact) mass is 395 g/mol.